The summed E-state index contributed by atoms with van der Waals surface area (Å²) in [4.78, 5) is 11.9. The van der Waals surface area contributed by atoms with Crippen molar-refractivity contribution < 1.29 is 4.74 Å². The first-order valence-electron chi connectivity index (χ1n) is 6.12. The van der Waals surface area contributed by atoms with Gasteiger partial charge in [-0.05, 0) is 53.5 Å². The predicted molar refractivity (Wildman–Crippen MR) is 79.8 cm³/mol. The topological polar surface area (TPSA) is 31.2 Å². The van der Waals surface area contributed by atoms with Gasteiger partial charge in [0.05, 0.1) is 6.54 Å². The molecule has 0 atom stereocenters. The molecule has 4 heteroatoms. The third-order valence-corrected chi connectivity index (χ3v) is 3.26. The van der Waals surface area contributed by atoms with E-state index in [0.29, 0.717) is 13.2 Å². The Morgan fingerprint density at radius 2 is 2.05 bits per heavy atom. The fourth-order valence-electron chi connectivity index (χ4n) is 1.87. The molecule has 0 unspecified atom stereocenters. The van der Waals surface area contributed by atoms with Gasteiger partial charge in [0.15, 0.2) is 0 Å². The first-order valence-corrected chi connectivity index (χ1v) is 6.91. The van der Waals surface area contributed by atoms with Gasteiger partial charge in [-0.15, -0.1) is 0 Å². The molecule has 0 saturated heterocycles. The molecule has 0 spiro atoms. The zero-order chi connectivity index (χ0) is 13.8. The van der Waals surface area contributed by atoms with Crippen LogP contribution < -0.4 is 10.3 Å². The van der Waals surface area contributed by atoms with Crippen molar-refractivity contribution in [3.63, 3.8) is 0 Å². The number of rotatable bonds is 4. The van der Waals surface area contributed by atoms with Crippen LogP contribution in [0.4, 0.5) is 0 Å². The van der Waals surface area contributed by atoms with Crippen LogP contribution >= 0.6 is 15.9 Å². The Labute approximate surface area is 121 Å². The van der Waals surface area contributed by atoms with E-state index in [1.54, 1.807) is 10.8 Å². The van der Waals surface area contributed by atoms with E-state index in [1.807, 2.05) is 44.2 Å². The maximum absolute atomic E-state index is 11.9. The predicted octanol–water partition coefficient (Wildman–Crippen LogP) is 3.31. The summed E-state index contributed by atoms with van der Waals surface area (Å²) in [6, 6.07) is 9.70. The van der Waals surface area contributed by atoms with Crippen LogP contribution in [0.15, 0.2) is 45.8 Å². The van der Waals surface area contributed by atoms with Crippen LogP contribution in [0.1, 0.15) is 11.1 Å². The lowest BCUT2D eigenvalue weighted by atomic mass is 10.2. The van der Waals surface area contributed by atoms with Crippen LogP contribution in [0.2, 0.25) is 0 Å². The Hall–Kier alpha value is -1.55. The van der Waals surface area contributed by atoms with Gasteiger partial charge in [-0.25, -0.2) is 0 Å². The number of halogens is 1. The van der Waals surface area contributed by atoms with Crippen molar-refractivity contribution in [3.05, 3.63) is 62.5 Å². The minimum atomic E-state index is 0.0241. The summed E-state index contributed by atoms with van der Waals surface area (Å²) in [6.07, 6.45) is 1.79. The highest BCUT2D eigenvalue weighted by Crippen LogP contribution is 2.12. The molecule has 0 aliphatic rings. The summed E-state index contributed by atoms with van der Waals surface area (Å²) >= 11 is 3.39. The SMILES string of the molecule is Cc1cccc(OCCn2cc(Br)cc(C)c2=O)c1. The van der Waals surface area contributed by atoms with Crippen molar-refractivity contribution in [2.24, 2.45) is 0 Å². The van der Waals surface area contributed by atoms with Crippen LogP contribution in [0.25, 0.3) is 0 Å². The zero-order valence-electron chi connectivity index (χ0n) is 11.0. The first-order chi connectivity index (χ1) is 9.06. The van der Waals surface area contributed by atoms with Crippen LogP contribution in [0.5, 0.6) is 5.75 Å². The molecule has 19 heavy (non-hydrogen) atoms. The van der Waals surface area contributed by atoms with Gasteiger partial charge in [-0.2, -0.15) is 0 Å². The summed E-state index contributed by atoms with van der Waals surface area (Å²) in [5.41, 5.74) is 1.91. The highest BCUT2D eigenvalue weighted by molar-refractivity contribution is 9.10. The molecule has 0 aliphatic heterocycles. The molecule has 0 amide bonds. The molecule has 0 bridgehead atoms. The zero-order valence-corrected chi connectivity index (χ0v) is 12.6. The molecular formula is C15H16BrNO2. The van der Waals surface area contributed by atoms with Gasteiger partial charge < -0.3 is 9.30 Å². The Balaban J connectivity index is 2.02. The second kappa shape index (κ2) is 6.06. The third-order valence-electron chi connectivity index (χ3n) is 2.82. The lowest BCUT2D eigenvalue weighted by molar-refractivity contribution is 0.296. The van der Waals surface area contributed by atoms with Gasteiger partial charge in [-0.1, -0.05) is 12.1 Å². The number of hydrogen-bond acceptors (Lipinski definition) is 2. The Morgan fingerprint density at radius 3 is 2.79 bits per heavy atom. The summed E-state index contributed by atoms with van der Waals surface area (Å²) in [7, 11) is 0. The van der Waals surface area contributed by atoms with E-state index >= 15 is 0 Å². The largest absolute Gasteiger partial charge is 0.492 e. The minimum absolute atomic E-state index is 0.0241. The molecule has 0 saturated carbocycles. The van der Waals surface area contributed by atoms with Crippen molar-refractivity contribution in [2.75, 3.05) is 6.61 Å². The van der Waals surface area contributed by atoms with Crippen LogP contribution in [-0.4, -0.2) is 11.2 Å². The standard InChI is InChI=1S/C15H16BrNO2/c1-11-4-3-5-14(8-11)19-7-6-17-10-13(16)9-12(2)15(17)18/h3-5,8-10H,6-7H2,1-2H3. The summed E-state index contributed by atoms with van der Waals surface area (Å²) < 4.78 is 8.22. The van der Waals surface area contributed by atoms with Crippen molar-refractivity contribution in [1.29, 1.82) is 0 Å². The Morgan fingerprint density at radius 1 is 1.26 bits per heavy atom. The minimum Gasteiger partial charge on any atom is -0.492 e. The number of ether oxygens (including phenoxy) is 1. The molecule has 2 aromatic rings. The van der Waals surface area contributed by atoms with Gasteiger partial charge in [0.1, 0.15) is 12.4 Å². The van der Waals surface area contributed by atoms with E-state index in [2.05, 4.69) is 15.9 Å². The molecule has 0 radical (unpaired) electrons. The lowest BCUT2D eigenvalue weighted by Crippen LogP contribution is -2.24. The van der Waals surface area contributed by atoms with E-state index < -0.39 is 0 Å². The van der Waals surface area contributed by atoms with Gasteiger partial charge in [-0.3, -0.25) is 4.79 Å². The quantitative estimate of drug-likeness (QED) is 0.865. The number of hydrogen-bond donors (Lipinski definition) is 0. The van der Waals surface area contributed by atoms with E-state index in [9.17, 15) is 4.79 Å². The summed E-state index contributed by atoms with van der Waals surface area (Å²) in [5.74, 6) is 0.833. The average molecular weight is 322 g/mol. The van der Waals surface area contributed by atoms with Crippen molar-refractivity contribution >= 4 is 15.9 Å². The number of benzene rings is 1. The third kappa shape index (κ3) is 3.70. The molecule has 2 rings (SSSR count). The molecule has 0 fully saturated rings. The molecule has 100 valence electrons. The second-order valence-corrected chi connectivity index (χ2v) is 5.42. The number of aryl methyl sites for hydroxylation is 2. The van der Waals surface area contributed by atoms with Crippen molar-refractivity contribution in [2.45, 2.75) is 20.4 Å². The lowest BCUT2D eigenvalue weighted by Gasteiger charge is -2.10. The number of aromatic nitrogens is 1. The smallest absolute Gasteiger partial charge is 0.253 e. The Bertz CT molecular complexity index is 634. The molecule has 1 aromatic carbocycles. The number of nitrogens with zero attached hydrogens (tertiary/aromatic N) is 1. The van der Waals surface area contributed by atoms with Gasteiger partial charge in [0.2, 0.25) is 0 Å². The molecule has 0 N–H and O–H groups in total. The molecule has 1 aromatic heterocycles. The molecule has 1 heterocycles. The van der Waals surface area contributed by atoms with Crippen molar-refractivity contribution in [1.82, 2.24) is 4.57 Å². The fourth-order valence-corrected chi connectivity index (χ4v) is 2.46. The van der Waals surface area contributed by atoms with E-state index in [1.165, 1.54) is 0 Å². The van der Waals surface area contributed by atoms with Crippen molar-refractivity contribution in [3.8, 4) is 5.75 Å². The van der Waals surface area contributed by atoms with Gasteiger partial charge >= 0.3 is 0 Å². The van der Waals surface area contributed by atoms with Gasteiger partial charge in [0.25, 0.3) is 5.56 Å². The summed E-state index contributed by atoms with van der Waals surface area (Å²) in [6.45, 7) is 4.84. The molecular weight excluding hydrogens is 306 g/mol. The van der Waals surface area contributed by atoms with Crippen LogP contribution in [-0.2, 0) is 6.54 Å². The second-order valence-electron chi connectivity index (χ2n) is 4.50. The normalized spacial score (nSPS) is 10.5. The highest BCUT2D eigenvalue weighted by atomic mass is 79.9. The van der Waals surface area contributed by atoms with Gasteiger partial charge in [0, 0.05) is 16.2 Å². The maximum Gasteiger partial charge on any atom is 0.253 e. The fraction of sp³-hybridized carbons (Fsp3) is 0.267. The average Bonchev–Trinajstić information content (AvgIpc) is 2.35. The van der Waals surface area contributed by atoms with E-state index in [-0.39, 0.29) is 5.56 Å². The molecule has 3 nitrogen and oxygen atoms in total. The van der Waals surface area contributed by atoms with Crippen LogP contribution in [0.3, 0.4) is 0 Å². The Kier molecular flexibility index (Phi) is 4.43. The van der Waals surface area contributed by atoms with Crippen LogP contribution in [0, 0.1) is 13.8 Å². The van der Waals surface area contributed by atoms with E-state index in [4.69, 9.17) is 4.74 Å². The maximum atomic E-state index is 11.9. The summed E-state index contributed by atoms with van der Waals surface area (Å²) in [5, 5.41) is 0. The van der Waals surface area contributed by atoms with E-state index in [0.717, 1.165) is 21.3 Å². The molecule has 0 aliphatic carbocycles. The highest BCUT2D eigenvalue weighted by Gasteiger charge is 2.02. The number of pyridine rings is 1. The monoisotopic (exact) mass is 321 g/mol. The first kappa shape index (κ1) is 13.9.